The number of nitrogens with one attached hydrogen (secondary N) is 1. The number of carboxylic acids is 1. The Morgan fingerprint density at radius 2 is 2.27 bits per heavy atom. The molecular formula is C7H12N2O2. The van der Waals surface area contributed by atoms with Gasteiger partial charge in [-0.3, -0.25) is 0 Å². The minimum absolute atomic E-state index is 0.275. The number of carbonyl (C=O) groups is 1. The van der Waals surface area contributed by atoms with Crippen LogP contribution in [0.2, 0.25) is 0 Å². The maximum absolute atomic E-state index is 10.4. The highest BCUT2D eigenvalue weighted by molar-refractivity contribution is 5.73. The summed E-state index contributed by atoms with van der Waals surface area (Å²) in [5.41, 5.74) is 0. The lowest BCUT2D eigenvalue weighted by Gasteiger charge is -2.11. The van der Waals surface area contributed by atoms with E-state index in [1.165, 1.54) is 0 Å². The molecule has 0 bridgehead atoms. The molecule has 1 atom stereocenters. The van der Waals surface area contributed by atoms with E-state index in [1.807, 2.05) is 13.8 Å². The SMILES string of the molecule is CC(C)C[C@H](NC#N)C(=O)O. The molecule has 2 N–H and O–H groups in total. The summed E-state index contributed by atoms with van der Waals surface area (Å²) in [5.74, 6) is -0.697. The number of nitrogens with zero attached hydrogens (tertiary/aromatic N) is 1. The molecule has 0 aromatic carbocycles. The maximum Gasteiger partial charge on any atom is 0.326 e. The highest BCUT2D eigenvalue weighted by Crippen LogP contribution is 2.03. The van der Waals surface area contributed by atoms with E-state index < -0.39 is 12.0 Å². The van der Waals surface area contributed by atoms with Gasteiger partial charge in [-0.25, -0.2) is 4.79 Å². The van der Waals surface area contributed by atoms with Crippen molar-refractivity contribution in [3.8, 4) is 6.19 Å². The van der Waals surface area contributed by atoms with Crippen molar-refractivity contribution in [2.75, 3.05) is 0 Å². The van der Waals surface area contributed by atoms with Gasteiger partial charge in [0.15, 0.2) is 6.19 Å². The predicted octanol–water partition coefficient (Wildman–Crippen LogP) is 0.556. The number of aliphatic carboxylic acids is 1. The Bertz CT molecular complexity index is 172. The summed E-state index contributed by atoms with van der Waals surface area (Å²) < 4.78 is 0. The van der Waals surface area contributed by atoms with Gasteiger partial charge >= 0.3 is 5.97 Å². The lowest BCUT2D eigenvalue weighted by Crippen LogP contribution is -2.34. The normalized spacial score (nSPS) is 12.2. The molecule has 4 heteroatoms. The summed E-state index contributed by atoms with van der Waals surface area (Å²) in [7, 11) is 0. The van der Waals surface area contributed by atoms with Gasteiger partial charge in [-0.05, 0) is 12.3 Å². The van der Waals surface area contributed by atoms with E-state index in [9.17, 15) is 4.79 Å². The molecule has 0 aliphatic rings. The predicted molar refractivity (Wildman–Crippen MR) is 39.6 cm³/mol. The molecule has 0 aliphatic carbocycles. The van der Waals surface area contributed by atoms with Crippen LogP contribution in [-0.2, 0) is 4.79 Å². The fourth-order valence-electron chi connectivity index (χ4n) is 0.771. The fraction of sp³-hybridized carbons (Fsp3) is 0.714. The van der Waals surface area contributed by atoms with Gasteiger partial charge in [0.1, 0.15) is 6.04 Å². The first kappa shape index (κ1) is 9.76. The smallest absolute Gasteiger partial charge is 0.326 e. The van der Waals surface area contributed by atoms with Gasteiger partial charge < -0.3 is 10.4 Å². The maximum atomic E-state index is 10.4. The zero-order valence-electron chi connectivity index (χ0n) is 6.66. The first-order valence-electron chi connectivity index (χ1n) is 3.45. The van der Waals surface area contributed by atoms with Crippen molar-refractivity contribution >= 4 is 5.97 Å². The number of nitriles is 1. The van der Waals surface area contributed by atoms with Gasteiger partial charge in [-0.2, -0.15) is 5.26 Å². The quantitative estimate of drug-likeness (QED) is 0.460. The summed E-state index contributed by atoms with van der Waals surface area (Å²) >= 11 is 0. The van der Waals surface area contributed by atoms with Crippen molar-refractivity contribution in [2.24, 2.45) is 5.92 Å². The topological polar surface area (TPSA) is 73.1 Å². The third-order valence-electron chi connectivity index (χ3n) is 1.24. The van der Waals surface area contributed by atoms with E-state index in [0.29, 0.717) is 6.42 Å². The monoisotopic (exact) mass is 156 g/mol. The Morgan fingerprint density at radius 1 is 1.73 bits per heavy atom. The summed E-state index contributed by atoms with van der Waals surface area (Å²) in [6, 6.07) is -0.736. The molecule has 0 aromatic heterocycles. The lowest BCUT2D eigenvalue weighted by molar-refractivity contribution is -0.139. The summed E-state index contributed by atoms with van der Waals surface area (Å²) in [5, 5.41) is 18.9. The number of carboxylic acid groups (broad SMARTS) is 1. The molecule has 4 nitrogen and oxygen atoms in total. The molecule has 0 unspecified atom stereocenters. The summed E-state index contributed by atoms with van der Waals surface area (Å²) in [6.07, 6.45) is 2.10. The van der Waals surface area contributed by atoms with Crippen LogP contribution in [0.3, 0.4) is 0 Å². The van der Waals surface area contributed by atoms with E-state index in [2.05, 4.69) is 5.32 Å². The van der Waals surface area contributed by atoms with E-state index in [1.54, 1.807) is 6.19 Å². The number of hydrogen-bond acceptors (Lipinski definition) is 3. The lowest BCUT2D eigenvalue weighted by atomic mass is 10.0. The number of rotatable bonds is 4. The Labute approximate surface area is 65.8 Å². The molecule has 0 fully saturated rings. The molecule has 0 radical (unpaired) electrons. The van der Waals surface area contributed by atoms with Gasteiger partial charge in [0.2, 0.25) is 0 Å². The van der Waals surface area contributed by atoms with Crippen molar-refractivity contribution in [2.45, 2.75) is 26.3 Å². The zero-order chi connectivity index (χ0) is 8.85. The molecule has 0 saturated heterocycles. The minimum atomic E-state index is -0.972. The van der Waals surface area contributed by atoms with Crippen LogP contribution in [0.4, 0.5) is 0 Å². The van der Waals surface area contributed by atoms with E-state index in [0.717, 1.165) is 0 Å². The largest absolute Gasteiger partial charge is 0.480 e. The van der Waals surface area contributed by atoms with Crippen LogP contribution in [0, 0.1) is 17.4 Å². The highest BCUT2D eigenvalue weighted by atomic mass is 16.4. The van der Waals surface area contributed by atoms with Crippen molar-refractivity contribution in [3.05, 3.63) is 0 Å². The minimum Gasteiger partial charge on any atom is -0.480 e. The number of hydrogen-bond donors (Lipinski definition) is 2. The second kappa shape index (κ2) is 4.56. The second-order valence-corrected chi connectivity index (χ2v) is 2.78. The Kier molecular flexibility index (Phi) is 4.04. The van der Waals surface area contributed by atoms with Gasteiger partial charge in [-0.1, -0.05) is 13.8 Å². The summed E-state index contributed by atoms with van der Waals surface area (Å²) in [4.78, 5) is 10.4. The van der Waals surface area contributed by atoms with Crippen molar-refractivity contribution in [1.82, 2.24) is 5.32 Å². The molecule has 0 rings (SSSR count). The van der Waals surface area contributed by atoms with E-state index >= 15 is 0 Å². The standard InChI is InChI=1S/C7H12N2O2/c1-5(2)3-6(7(10)11)9-4-8/h5-6,9H,3H2,1-2H3,(H,10,11)/t6-/m0/s1. The van der Waals surface area contributed by atoms with Gasteiger partial charge in [0.05, 0.1) is 0 Å². The Balaban J connectivity index is 3.92. The third-order valence-corrected chi connectivity index (χ3v) is 1.24. The molecule has 0 aliphatic heterocycles. The molecule has 62 valence electrons. The molecule has 0 amide bonds. The van der Waals surface area contributed by atoms with Gasteiger partial charge in [0.25, 0.3) is 0 Å². The van der Waals surface area contributed by atoms with Gasteiger partial charge in [0, 0.05) is 0 Å². The zero-order valence-corrected chi connectivity index (χ0v) is 6.66. The fourth-order valence-corrected chi connectivity index (χ4v) is 0.771. The first-order valence-corrected chi connectivity index (χ1v) is 3.45. The molecule has 11 heavy (non-hydrogen) atoms. The average Bonchev–Trinajstić information content (AvgIpc) is 1.86. The highest BCUT2D eigenvalue weighted by Gasteiger charge is 2.17. The van der Waals surface area contributed by atoms with Gasteiger partial charge in [-0.15, -0.1) is 0 Å². The average molecular weight is 156 g/mol. The molecule has 0 heterocycles. The van der Waals surface area contributed by atoms with Crippen LogP contribution in [-0.4, -0.2) is 17.1 Å². The van der Waals surface area contributed by atoms with Crippen LogP contribution in [0.15, 0.2) is 0 Å². The van der Waals surface area contributed by atoms with E-state index in [4.69, 9.17) is 10.4 Å². The van der Waals surface area contributed by atoms with Crippen molar-refractivity contribution in [1.29, 1.82) is 5.26 Å². The Hall–Kier alpha value is -1.24. The van der Waals surface area contributed by atoms with Crippen LogP contribution in [0.1, 0.15) is 20.3 Å². The van der Waals surface area contributed by atoms with Crippen molar-refractivity contribution in [3.63, 3.8) is 0 Å². The Morgan fingerprint density at radius 3 is 2.55 bits per heavy atom. The second-order valence-electron chi connectivity index (χ2n) is 2.78. The first-order chi connectivity index (χ1) is 5.07. The van der Waals surface area contributed by atoms with Crippen LogP contribution >= 0.6 is 0 Å². The molecule has 0 aromatic rings. The third kappa shape index (κ3) is 4.20. The molecule has 0 spiro atoms. The van der Waals surface area contributed by atoms with E-state index in [-0.39, 0.29) is 5.92 Å². The van der Waals surface area contributed by atoms with Crippen LogP contribution in [0.25, 0.3) is 0 Å². The van der Waals surface area contributed by atoms with Crippen LogP contribution < -0.4 is 5.32 Å². The van der Waals surface area contributed by atoms with Crippen LogP contribution in [0.5, 0.6) is 0 Å². The molecule has 0 saturated carbocycles. The summed E-state index contributed by atoms with van der Waals surface area (Å²) in [6.45, 7) is 3.82. The molecular weight excluding hydrogens is 144 g/mol. The van der Waals surface area contributed by atoms with Crippen molar-refractivity contribution < 1.29 is 9.90 Å².